The molecule has 0 unspecified atom stereocenters. The molecule has 0 bridgehead atoms. The maximum Gasteiger partial charge on any atom is 0.170 e. The summed E-state index contributed by atoms with van der Waals surface area (Å²) in [5, 5.41) is 7.95. The van der Waals surface area contributed by atoms with Crippen LogP contribution >= 0.6 is 12.2 Å². The predicted octanol–water partition coefficient (Wildman–Crippen LogP) is 4.51. The molecule has 0 amide bonds. The van der Waals surface area contributed by atoms with Gasteiger partial charge in [-0.25, -0.2) is 0 Å². The fourth-order valence-corrected chi connectivity index (χ4v) is 3.47. The Kier molecular flexibility index (Phi) is 7.71. The van der Waals surface area contributed by atoms with Crippen LogP contribution < -0.4 is 24.8 Å². The predicted molar refractivity (Wildman–Crippen MR) is 134 cm³/mol. The second-order valence-electron chi connectivity index (χ2n) is 7.68. The Morgan fingerprint density at radius 3 is 2.38 bits per heavy atom. The lowest BCUT2D eigenvalue weighted by Crippen LogP contribution is -2.34. The maximum absolute atomic E-state index is 6.31. The number of fused-ring (bicyclic) bond motifs is 1. The van der Waals surface area contributed by atoms with Gasteiger partial charge in [0.15, 0.2) is 16.6 Å². The molecule has 0 aliphatic carbocycles. The Hall–Kier alpha value is -3.10. The standard InChI is InChI=1S/C24H30N4O3S/c1-15-16(2)20(8-7-18(15)27-24(32)26-11-12-28(3)4)31-21-9-10-25-19-14-23(30-6)22(29-5)13-17(19)21/h7-10,13-14H,11-12H2,1-6H3,(H2,26,27,32). The highest BCUT2D eigenvalue weighted by atomic mass is 32.1. The largest absolute Gasteiger partial charge is 0.493 e. The molecule has 1 aromatic heterocycles. The number of nitrogens with one attached hydrogen (secondary N) is 2. The zero-order valence-electron chi connectivity index (χ0n) is 19.4. The monoisotopic (exact) mass is 454 g/mol. The number of ether oxygens (including phenoxy) is 3. The average molecular weight is 455 g/mol. The van der Waals surface area contributed by atoms with E-state index in [1.807, 2.05) is 58.3 Å². The van der Waals surface area contributed by atoms with Crippen LogP contribution in [0.2, 0.25) is 0 Å². The topological polar surface area (TPSA) is 67.9 Å². The number of aromatic nitrogens is 1. The average Bonchev–Trinajstić information content (AvgIpc) is 2.77. The molecule has 3 rings (SSSR count). The molecule has 170 valence electrons. The number of benzene rings is 2. The van der Waals surface area contributed by atoms with Crippen molar-refractivity contribution in [3.63, 3.8) is 0 Å². The molecule has 1 heterocycles. The molecule has 0 atom stereocenters. The van der Waals surface area contributed by atoms with Crippen molar-refractivity contribution >= 4 is 33.9 Å². The lowest BCUT2D eigenvalue weighted by atomic mass is 10.1. The van der Waals surface area contributed by atoms with Crippen molar-refractivity contribution in [2.24, 2.45) is 0 Å². The number of hydrogen-bond donors (Lipinski definition) is 2. The Balaban J connectivity index is 1.83. The van der Waals surface area contributed by atoms with Crippen LogP contribution in [0.15, 0.2) is 36.5 Å². The summed E-state index contributed by atoms with van der Waals surface area (Å²) >= 11 is 5.42. The van der Waals surface area contributed by atoms with Crippen LogP contribution in [0.25, 0.3) is 10.9 Å². The first kappa shape index (κ1) is 23.6. The van der Waals surface area contributed by atoms with Gasteiger partial charge in [-0.15, -0.1) is 0 Å². The molecule has 2 N–H and O–H groups in total. The molecule has 8 heteroatoms. The van der Waals surface area contributed by atoms with E-state index in [1.54, 1.807) is 20.4 Å². The van der Waals surface area contributed by atoms with Gasteiger partial charge in [-0.1, -0.05) is 0 Å². The van der Waals surface area contributed by atoms with Crippen LogP contribution in [0.1, 0.15) is 11.1 Å². The fourth-order valence-electron chi connectivity index (χ4n) is 3.26. The van der Waals surface area contributed by atoms with E-state index in [0.29, 0.717) is 22.4 Å². The minimum absolute atomic E-state index is 0.601. The molecule has 7 nitrogen and oxygen atoms in total. The first-order valence-corrected chi connectivity index (χ1v) is 10.7. The van der Waals surface area contributed by atoms with E-state index in [1.165, 1.54) is 0 Å². The van der Waals surface area contributed by atoms with Gasteiger partial charge in [0, 0.05) is 36.4 Å². The minimum Gasteiger partial charge on any atom is -0.493 e. The van der Waals surface area contributed by atoms with E-state index in [0.717, 1.165) is 46.6 Å². The lowest BCUT2D eigenvalue weighted by Gasteiger charge is -2.18. The fraction of sp³-hybridized carbons (Fsp3) is 0.333. The number of rotatable bonds is 8. The highest BCUT2D eigenvalue weighted by Gasteiger charge is 2.14. The number of thiocarbonyl (C=S) groups is 1. The maximum atomic E-state index is 6.31. The Bertz CT molecular complexity index is 1120. The number of nitrogens with zero attached hydrogens (tertiary/aromatic N) is 2. The van der Waals surface area contributed by atoms with Crippen LogP contribution in [0.3, 0.4) is 0 Å². The molecule has 0 saturated carbocycles. The van der Waals surface area contributed by atoms with Gasteiger partial charge in [-0.05, 0) is 75.6 Å². The lowest BCUT2D eigenvalue weighted by molar-refractivity contribution is 0.355. The molecular formula is C24H30N4O3S. The van der Waals surface area contributed by atoms with Crippen molar-refractivity contribution in [2.45, 2.75) is 13.8 Å². The smallest absolute Gasteiger partial charge is 0.170 e. The van der Waals surface area contributed by atoms with E-state index >= 15 is 0 Å². The molecule has 0 aliphatic heterocycles. The normalized spacial score (nSPS) is 10.8. The second-order valence-corrected chi connectivity index (χ2v) is 8.09. The quantitative estimate of drug-likeness (QED) is 0.482. The zero-order chi connectivity index (χ0) is 23.3. The second kappa shape index (κ2) is 10.5. The Morgan fingerprint density at radius 2 is 1.69 bits per heavy atom. The molecule has 0 aliphatic rings. The molecule has 3 aromatic rings. The van der Waals surface area contributed by atoms with Crippen LogP contribution in [-0.2, 0) is 0 Å². The molecular weight excluding hydrogens is 424 g/mol. The third-order valence-corrected chi connectivity index (χ3v) is 5.50. The molecule has 2 aromatic carbocycles. The summed E-state index contributed by atoms with van der Waals surface area (Å²) < 4.78 is 17.1. The van der Waals surface area contributed by atoms with Crippen molar-refractivity contribution in [1.82, 2.24) is 15.2 Å². The number of anilines is 1. The summed E-state index contributed by atoms with van der Waals surface area (Å²) in [6, 6.07) is 9.49. The summed E-state index contributed by atoms with van der Waals surface area (Å²) in [5.41, 5.74) is 3.80. The van der Waals surface area contributed by atoms with Crippen LogP contribution in [0.5, 0.6) is 23.0 Å². The van der Waals surface area contributed by atoms with Gasteiger partial charge >= 0.3 is 0 Å². The molecule has 0 fully saturated rings. The third kappa shape index (κ3) is 5.38. The van der Waals surface area contributed by atoms with E-state index in [4.69, 9.17) is 26.4 Å². The first-order valence-electron chi connectivity index (χ1n) is 10.3. The van der Waals surface area contributed by atoms with E-state index in [-0.39, 0.29) is 0 Å². The number of likely N-dealkylation sites (N-methyl/N-ethyl adjacent to an activating group) is 1. The van der Waals surface area contributed by atoms with Crippen LogP contribution in [0, 0.1) is 13.8 Å². The number of hydrogen-bond acceptors (Lipinski definition) is 6. The highest BCUT2D eigenvalue weighted by Crippen LogP contribution is 2.38. The van der Waals surface area contributed by atoms with Crippen molar-refractivity contribution < 1.29 is 14.2 Å². The van der Waals surface area contributed by atoms with Gasteiger partial charge < -0.3 is 29.7 Å². The van der Waals surface area contributed by atoms with Gasteiger partial charge in [0.2, 0.25) is 0 Å². The summed E-state index contributed by atoms with van der Waals surface area (Å²) in [7, 11) is 7.28. The van der Waals surface area contributed by atoms with Gasteiger partial charge in [0.25, 0.3) is 0 Å². The van der Waals surface area contributed by atoms with Crippen molar-refractivity contribution in [3.8, 4) is 23.0 Å². The third-order valence-electron chi connectivity index (χ3n) is 5.26. The summed E-state index contributed by atoms with van der Waals surface area (Å²) in [5.74, 6) is 2.71. The van der Waals surface area contributed by atoms with Crippen LogP contribution in [0.4, 0.5) is 5.69 Å². The SMILES string of the molecule is COc1cc2nccc(Oc3ccc(NC(=S)NCCN(C)C)c(C)c3C)c2cc1OC. The molecule has 0 saturated heterocycles. The van der Waals surface area contributed by atoms with E-state index < -0.39 is 0 Å². The molecule has 0 spiro atoms. The summed E-state index contributed by atoms with van der Waals surface area (Å²) in [6.07, 6.45) is 1.72. The number of pyridine rings is 1. The summed E-state index contributed by atoms with van der Waals surface area (Å²) in [6.45, 7) is 5.77. The van der Waals surface area contributed by atoms with Gasteiger partial charge in [0.05, 0.1) is 19.7 Å². The van der Waals surface area contributed by atoms with Gasteiger partial charge in [-0.2, -0.15) is 0 Å². The number of methoxy groups -OCH3 is 2. The van der Waals surface area contributed by atoms with E-state index in [2.05, 4.69) is 20.5 Å². The van der Waals surface area contributed by atoms with E-state index in [9.17, 15) is 0 Å². The van der Waals surface area contributed by atoms with Gasteiger partial charge in [-0.3, -0.25) is 4.98 Å². The zero-order valence-corrected chi connectivity index (χ0v) is 20.2. The van der Waals surface area contributed by atoms with Crippen molar-refractivity contribution in [2.75, 3.05) is 46.7 Å². The summed E-state index contributed by atoms with van der Waals surface area (Å²) in [4.78, 5) is 6.54. The molecule has 32 heavy (non-hydrogen) atoms. The van der Waals surface area contributed by atoms with Crippen LogP contribution in [-0.4, -0.2) is 56.4 Å². The Morgan fingerprint density at radius 1 is 0.969 bits per heavy atom. The first-order chi connectivity index (χ1) is 15.3. The van der Waals surface area contributed by atoms with Crippen molar-refractivity contribution in [3.05, 3.63) is 47.7 Å². The van der Waals surface area contributed by atoms with Crippen molar-refractivity contribution in [1.29, 1.82) is 0 Å². The minimum atomic E-state index is 0.601. The Labute approximate surface area is 194 Å². The molecule has 0 radical (unpaired) electrons. The highest BCUT2D eigenvalue weighted by molar-refractivity contribution is 7.80. The van der Waals surface area contributed by atoms with Gasteiger partial charge in [0.1, 0.15) is 11.5 Å².